The predicted octanol–water partition coefficient (Wildman–Crippen LogP) is 3.40. The van der Waals surface area contributed by atoms with Gasteiger partial charge in [0.2, 0.25) is 21.8 Å². The van der Waals surface area contributed by atoms with Crippen LogP contribution in [-0.4, -0.2) is 62.9 Å². The highest BCUT2D eigenvalue weighted by Gasteiger charge is 2.36. The number of ether oxygens (including phenoxy) is 1. The van der Waals surface area contributed by atoms with E-state index in [4.69, 9.17) is 9.57 Å². The molecule has 1 aliphatic rings. The van der Waals surface area contributed by atoms with Crippen LogP contribution in [0.4, 0.5) is 0 Å². The molecule has 1 saturated heterocycles. The number of carbonyl (C=O) groups is 3. The lowest BCUT2D eigenvalue weighted by Crippen LogP contribution is -2.56. The number of sulfonamides is 1. The summed E-state index contributed by atoms with van der Waals surface area (Å²) in [6.07, 6.45) is 7.27. The summed E-state index contributed by atoms with van der Waals surface area (Å²) < 4.78 is 31.3. The Morgan fingerprint density at radius 1 is 1.02 bits per heavy atom. The van der Waals surface area contributed by atoms with Crippen LogP contribution in [0.3, 0.4) is 0 Å². The van der Waals surface area contributed by atoms with Gasteiger partial charge < -0.3 is 4.74 Å². The van der Waals surface area contributed by atoms with Gasteiger partial charge in [0.15, 0.2) is 6.29 Å². The number of allylic oxidation sites excluding steroid dienone is 1. The van der Waals surface area contributed by atoms with Crippen LogP contribution in [0, 0.1) is 23.7 Å². The molecule has 0 aromatic heterocycles. The first-order valence-corrected chi connectivity index (χ1v) is 16.5. The number of carbonyl (C=O) groups excluding carboxylic acids is 3. The molecule has 0 aliphatic carbocycles. The zero-order valence-corrected chi connectivity index (χ0v) is 26.5. The van der Waals surface area contributed by atoms with E-state index < -0.39 is 51.9 Å². The summed E-state index contributed by atoms with van der Waals surface area (Å²) in [6.45, 7) is 9.79. The first kappa shape index (κ1) is 35.4. The molecular weight excluding hydrogens is 560 g/mol. The molecule has 1 fully saturated rings. The summed E-state index contributed by atoms with van der Waals surface area (Å²) in [6, 6.07) is 8.52. The van der Waals surface area contributed by atoms with Crippen molar-refractivity contribution in [2.45, 2.75) is 79.1 Å². The summed E-state index contributed by atoms with van der Waals surface area (Å²) in [5.74, 6) is -3.19. The van der Waals surface area contributed by atoms with Crippen LogP contribution >= 0.6 is 0 Å². The van der Waals surface area contributed by atoms with Gasteiger partial charge in [-0.25, -0.2) is 23.5 Å². The molecule has 1 unspecified atom stereocenters. The second-order valence-corrected chi connectivity index (χ2v) is 13.5. The van der Waals surface area contributed by atoms with Crippen LogP contribution in [0.15, 0.2) is 36.4 Å². The molecule has 0 bridgehead atoms. The van der Waals surface area contributed by atoms with E-state index in [9.17, 15) is 22.8 Å². The standard InChI is InChI=1S/C30H48N4O7S/c1-21(2)19-26(28(35)31-34(20-22(3)4)30(37)23(5)33-42(6,38)39)25(16-12-15-24-13-8-7-9-14-24)29(36)32-41-27-17-10-11-18-40-27/h7-9,12-15,21-23,25-27,33H,10-11,16-20H2,1-6H3,(H,31,35)(H,32,36)/b15-12+/t23-,25+,26-,27?/m1/s1. The molecule has 0 saturated carbocycles. The maximum absolute atomic E-state index is 13.9. The Hall–Kier alpha value is -2.80. The van der Waals surface area contributed by atoms with Crippen molar-refractivity contribution < 1.29 is 32.4 Å². The largest absolute Gasteiger partial charge is 0.350 e. The summed E-state index contributed by atoms with van der Waals surface area (Å²) in [5.41, 5.74) is 6.19. The van der Waals surface area contributed by atoms with Gasteiger partial charge in [-0.15, -0.1) is 0 Å². The van der Waals surface area contributed by atoms with Crippen molar-refractivity contribution in [2.24, 2.45) is 23.7 Å². The number of hydrogen-bond acceptors (Lipinski definition) is 7. The van der Waals surface area contributed by atoms with Crippen molar-refractivity contribution in [2.75, 3.05) is 19.4 Å². The first-order valence-electron chi connectivity index (χ1n) is 14.6. The topological polar surface area (TPSA) is 143 Å². The highest BCUT2D eigenvalue weighted by atomic mass is 32.2. The Morgan fingerprint density at radius 3 is 2.29 bits per heavy atom. The first-order chi connectivity index (χ1) is 19.8. The lowest BCUT2D eigenvalue weighted by molar-refractivity contribution is -0.203. The summed E-state index contributed by atoms with van der Waals surface area (Å²) in [7, 11) is -3.66. The number of nitrogens with one attached hydrogen (secondary N) is 3. The lowest BCUT2D eigenvalue weighted by Gasteiger charge is -2.32. The minimum atomic E-state index is -3.66. The molecule has 3 amide bonds. The minimum Gasteiger partial charge on any atom is -0.350 e. The van der Waals surface area contributed by atoms with Gasteiger partial charge in [-0.1, -0.05) is 70.2 Å². The molecular formula is C30H48N4O7S. The summed E-state index contributed by atoms with van der Waals surface area (Å²) in [4.78, 5) is 46.2. The van der Waals surface area contributed by atoms with Gasteiger partial charge in [0.1, 0.15) is 0 Å². The summed E-state index contributed by atoms with van der Waals surface area (Å²) >= 11 is 0. The maximum atomic E-state index is 13.9. The molecule has 2 rings (SSSR count). The van der Waals surface area contributed by atoms with E-state index in [1.165, 1.54) is 6.92 Å². The van der Waals surface area contributed by atoms with Gasteiger partial charge in [-0.2, -0.15) is 0 Å². The second kappa shape index (κ2) is 17.3. The van der Waals surface area contributed by atoms with Crippen LogP contribution in [0.1, 0.15) is 72.3 Å². The fraction of sp³-hybridized carbons (Fsp3) is 0.633. The molecule has 1 aliphatic heterocycles. The minimum absolute atomic E-state index is 0.0278. The Morgan fingerprint density at radius 2 is 1.71 bits per heavy atom. The third-order valence-corrected chi connectivity index (χ3v) is 7.42. The zero-order valence-electron chi connectivity index (χ0n) is 25.7. The molecule has 0 spiro atoms. The van der Waals surface area contributed by atoms with Crippen LogP contribution in [0.2, 0.25) is 0 Å². The van der Waals surface area contributed by atoms with Crippen LogP contribution in [0.25, 0.3) is 6.08 Å². The van der Waals surface area contributed by atoms with Crippen molar-refractivity contribution in [3.63, 3.8) is 0 Å². The fourth-order valence-electron chi connectivity index (χ4n) is 4.71. The lowest BCUT2D eigenvalue weighted by atomic mass is 9.82. The van der Waals surface area contributed by atoms with Gasteiger partial charge in [0.25, 0.3) is 5.91 Å². The van der Waals surface area contributed by atoms with Crippen molar-refractivity contribution >= 4 is 33.8 Å². The number of benzene rings is 1. The molecule has 4 atom stereocenters. The zero-order chi connectivity index (χ0) is 31.3. The van der Waals surface area contributed by atoms with Gasteiger partial charge in [0, 0.05) is 19.6 Å². The van der Waals surface area contributed by atoms with Crippen molar-refractivity contribution in [1.29, 1.82) is 0 Å². The van der Waals surface area contributed by atoms with E-state index in [0.29, 0.717) is 19.4 Å². The van der Waals surface area contributed by atoms with E-state index in [1.807, 2.05) is 70.2 Å². The molecule has 1 heterocycles. The molecule has 1 aromatic rings. The van der Waals surface area contributed by atoms with Gasteiger partial charge >= 0.3 is 0 Å². The Kier molecular flexibility index (Phi) is 14.6. The quantitative estimate of drug-likeness (QED) is 0.259. The normalized spacial score (nSPS) is 18.0. The smallest absolute Gasteiger partial charge is 0.258 e. The second-order valence-electron chi connectivity index (χ2n) is 11.7. The van der Waals surface area contributed by atoms with Gasteiger partial charge in [-0.3, -0.25) is 24.8 Å². The third-order valence-electron chi connectivity index (χ3n) is 6.63. The van der Waals surface area contributed by atoms with Crippen LogP contribution < -0.4 is 15.6 Å². The van der Waals surface area contributed by atoms with Crippen LogP contribution in [-0.2, 0) is 34.0 Å². The number of hydrazine groups is 1. The van der Waals surface area contributed by atoms with Gasteiger partial charge in [-0.05, 0) is 50.0 Å². The maximum Gasteiger partial charge on any atom is 0.258 e. The Labute approximate surface area is 250 Å². The van der Waals surface area contributed by atoms with E-state index in [2.05, 4.69) is 15.6 Å². The van der Waals surface area contributed by atoms with E-state index in [-0.39, 0.29) is 24.8 Å². The Bertz CT molecular complexity index is 1140. The molecule has 11 nitrogen and oxygen atoms in total. The number of nitrogens with zero attached hydrogens (tertiary/aromatic N) is 1. The highest BCUT2D eigenvalue weighted by Crippen LogP contribution is 2.26. The van der Waals surface area contributed by atoms with E-state index in [0.717, 1.165) is 29.7 Å². The highest BCUT2D eigenvalue weighted by molar-refractivity contribution is 7.88. The fourth-order valence-corrected chi connectivity index (χ4v) is 5.45. The Balaban J connectivity index is 2.32. The summed E-state index contributed by atoms with van der Waals surface area (Å²) in [5, 5.41) is 1.14. The number of hydroxylamine groups is 1. The molecule has 3 N–H and O–H groups in total. The number of hydrogen-bond donors (Lipinski definition) is 3. The predicted molar refractivity (Wildman–Crippen MR) is 161 cm³/mol. The number of amides is 3. The molecule has 0 radical (unpaired) electrons. The van der Waals surface area contributed by atoms with Crippen molar-refractivity contribution in [3.8, 4) is 0 Å². The molecule has 236 valence electrons. The SMILES string of the molecule is CC(C)C[C@@H](C(=O)NN(CC(C)C)C(=O)[C@@H](C)NS(C)(=O)=O)[C@H](C/C=C/c1ccccc1)C(=O)NOC1CCCCO1. The van der Waals surface area contributed by atoms with Crippen LogP contribution in [0.5, 0.6) is 0 Å². The molecule has 12 heteroatoms. The third kappa shape index (κ3) is 13.0. The van der Waals surface area contributed by atoms with Crippen molar-refractivity contribution in [1.82, 2.24) is 20.6 Å². The van der Waals surface area contributed by atoms with E-state index in [1.54, 1.807) is 0 Å². The average Bonchev–Trinajstić information content (AvgIpc) is 2.92. The average molecular weight is 609 g/mol. The monoisotopic (exact) mass is 608 g/mol. The molecule has 1 aromatic carbocycles. The van der Waals surface area contributed by atoms with E-state index >= 15 is 0 Å². The van der Waals surface area contributed by atoms with Crippen molar-refractivity contribution in [3.05, 3.63) is 42.0 Å². The number of rotatable bonds is 15. The molecule has 42 heavy (non-hydrogen) atoms. The van der Waals surface area contributed by atoms with Gasteiger partial charge in [0.05, 0.1) is 24.1 Å².